The van der Waals surface area contributed by atoms with Gasteiger partial charge in [0, 0.05) is 40.8 Å². The fourth-order valence-electron chi connectivity index (χ4n) is 3.71. The highest BCUT2D eigenvalue weighted by molar-refractivity contribution is 9.10. The predicted octanol–water partition coefficient (Wildman–Crippen LogP) is 3.68. The SMILES string of the molecule is CCOC(=O)C1=C2C[C@H](CO)CN2C(c2nccs2)=N[C@H]1c1ccc(F)cc1Br. The van der Waals surface area contributed by atoms with Crippen LogP contribution in [0.15, 0.2) is 50.5 Å². The number of benzene rings is 1. The Morgan fingerprint density at radius 3 is 2.97 bits per heavy atom. The molecule has 0 radical (unpaired) electrons. The Bertz CT molecular complexity index is 993. The molecule has 2 aliphatic heterocycles. The Balaban J connectivity index is 1.91. The van der Waals surface area contributed by atoms with Crippen LogP contribution in [0.5, 0.6) is 0 Å². The number of aliphatic imine (C=N–C) groups is 1. The molecule has 1 aromatic heterocycles. The van der Waals surface area contributed by atoms with Crippen LogP contribution in [0.1, 0.15) is 30.0 Å². The molecule has 152 valence electrons. The molecule has 0 spiro atoms. The van der Waals surface area contributed by atoms with Crippen molar-refractivity contribution in [3.8, 4) is 0 Å². The number of rotatable bonds is 5. The fourth-order valence-corrected chi connectivity index (χ4v) is 4.92. The molecule has 0 bridgehead atoms. The van der Waals surface area contributed by atoms with Crippen LogP contribution < -0.4 is 0 Å². The molecule has 6 nitrogen and oxygen atoms in total. The van der Waals surface area contributed by atoms with E-state index in [9.17, 15) is 14.3 Å². The number of aliphatic hydroxyl groups is 1. The number of esters is 1. The largest absolute Gasteiger partial charge is 0.463 e. The molecule has 4 rings (SSSR count). The fraction of sp³-hybridized carbons (Fsp3) is 0.350. The predicted molar refractivity (Wildman–Crippen MR) is 111 cm³/mol. The lowest BCUT2D eigenvalue weighted by Gasteiger charge is -2.32. The zero-order valence-electron chi connectivity index (χ0n) is 15.6. The van der Waals surface area contributed by atoms with Crippen molar-refractivity contribution in [3.63, 3.8) is 0 Å². The molecule has 29 heavy (non-hydrogen) atoms. The Labute approximate surface area is 179 Å². The number of hydrogen-bond acceptors (Lipinski definition) is 7. The summed E-state index contributed by atoms with van der Waals surface area (Å²) < 4.78 is 19.6. The first-order valence-corrected chi connectivity index (χ1v) is 10.9. The number of amidine groups is 1. The van der Waals surface area contributed by atoms with Crippen molar-refractivity contribution < 1.29 is 19.0 Å². The van der Waals surface area contributed by atoms with Gasteiger partial charge in [-0.25, -0.2) is 14.2 Å². The number of nitrogens with zero attached hydrogens (tertiary/aromatic N) is 3. The first-order valence-electron chi connectivity index (χ1n) is 9.24. The van der Waals surface area contributed by atoms with Crippen LogP contribution in [0.4, 0.5) is 4.39 Å². The highest BCUT2D eigenvalue weighted by atomic mass is 79.9. The molecule has 0 amide bonds. The summed E-state index contributed by atoms with van der Waals surface area (Å²) in [6.07, 6.45) is 2.24. The molecule has 2 aromatic rings. The lowest BCUT2D eigenvalue weighted by Crippen LogP contribution is -2.35. The van der Waals surface area contributed by atoms with E-state index in [4.69, 9.17) is 9.73 Å². The van der Waals surface area contributed by atoms with Crippen molar-refractivity contribution in [3.05, 3.63) is 61.9 Å². The highest BCUT2D eigenvalue weighted by Crippen LogP contribution is 2.43. The third-order valence-corrected chi connectivity index (χ3v) is 6.43. The van der Waals surface area contributed by atoms with Crippen LogP contribution in [0.3, 0.4) is 0 Å². The zero-order chi connectivity index (χ0) is 20.5. The lowest BCUT2D eigenvalue weighted by atomic mass is 9.94. The molecule has 2 atom stereocenters. The molecule has 0 aliphatic carbocycles. The molecule has 3 heterocycles. The number of carbonyl (C=O) groups is 1. The van der Waals surface area contributed by atoms with Crippen LogP contribution in [0, 0.1) is 11.7 Å². The van der Waals surface area contributed by atoms with Crippen molar-refractivity contribution in [1.82, 2.24) is 9.88 Å². The van der Waals surface area contributed by atoms with Gasteiger partial charge in [-0.1, -0.05) is 22.0 Å². The summed E-state index contributed by atoms with van der Waals surface area (Å²) in [5.41, 5.74) is 1.88. The molecule has 1 fully saturated rings. The second-order valence-corrected chi connectivity index (χ2v) is 8.55. The Morgan fingerprint density at radius 2 is 2.31 bits per heavy atom. The van der Waals surface area contributed by atoms with Crippen molar-refractivity contribution in [1.29, 1.82) is 0 Å². The second kappa shape index (κ2) is 8.33. The number of allylic oxidation sites excluding steroid dienone is 1. The van der Waals surface area contributed by atoms with Crippen LogP contribution in [0.2, 0.25) is 0 Å². The highest BCUT2D eigenvalue weighted by Gasteiger charge is 2.42. The van der Waals surface area contributed by atoms with Crippen LogP contribution >= 0.6 is 27.3 Å². The van der Waals surface area contributed by atoms with E-state index in [1.165, 1.54) is 23.5 Å². The molecule has 0 unspecified atom stereocenters. The van der Waals surface area contributed by atoms with E-state index in [-0.39, 0.29) is 24.9 Å². The molecular formula is C20H19BrFN3O3S. The van der Waals surface area contributed by atoms with E-state index < -0.39 is 12.0 Å². The van der Waals surface area contributed by atoms with Gasteiger partial charge in [0.15, 0.2) is 10.8 Å². The molecule has 2 aliphatic rings. The average molecular weight is 480 g/mol. The number of aliphatic hydroxyl groups excluding tert-OH is 1. The summed E-state index contributed by atoms with van der Waals surface area (Å²) in [6.45, 7) is 2.54. The van der Waals surface area contributed by atoms with Gasteiger partial charge in [0.1, 0.15) is 11.9 Å². The maximum absolute atomic E-state index is 13.7. The summed E-state index contributed by atoms with van der Waals surface area (Å²) in [7, 11) is 0. The Hall–Kier alpha value is -2.10. The minimum atomic E-state index is -0.661. The van der Waals surface area contributed by atoms with Gasteiger partial charge in [-0.3, -0.25) is 4.99 Å². The monoisotopic (exact) mass is 479 g/mol. The maximum Gasteiger partial charge on any atom is 0.338 e. The van der Waals surface area contributed by atoms with E-state index in [2.05, 4.69) is 20.9 Å². The van der Waals surface area contributed by atoms with Gasteiger partial charge in [0.25, 0.3) is 0 Å². The average Bonchev–Trinajstić information content (AvgIpc) is 3.37. The van der Waals surface area contributed by atoms with Crippen molar-refractivity contribution in [2.45, 2.75) is 19.4 Å². The Kier molecular flexibility index (Phi) is 5.80. The van der Waals surface area contributed by atoms with E-state index in [0.717, 1.165) is 10.7 Å². The third-order valence-electron chi connectivity index (χ3n) is 4.97. The standard InChI is InChI=1S/C20H19BrFN3O3S/c1-2-28-20(27)16-15-7-11(10-26)9-25(15)18(19-23-5-6-29-19)24-17(16)13-4-3-12(22)8-14(13)21/h3-6,8,11,17,26H,2,7,9-10H2,1H3/t11-,17-/m0/s1. The number of ether oxygens (including phenoxy) is 1. The van der Waals surface area contributed by atoms with E-state index >= 15 is 0 Å². The first-order chi connectivity index (χ1) is 14.0. The second-order valence-electron chi connectivity index (χ2n) is 6.80. The van der Waals surface area contributed by atoms with Gasteiger partial charge < -0.3 is 14.7 Å². The first kappa shape index (κ1) is 20.2. The molecule has 1 aromatic carbocycles. The minimum Gasteiger partial charge on any atom is -0.463 e. The van der Waals surface area contributed by atoms with Gasteiger partial charge in [-0.05, 0) is 31.0 Å². The number of thiazole rings is 1. The summed E-state index contributed by atoms with van der Waals surface area (Å²) in [5, 5.41) is 12.3. The number of carbonyl (C=O) groups excluding carboxylic acids is 1. The van der Waals surface area contributed by atoms with E-state index in [0.29, 0.717) is 34.4 Å². The lowest BCUT2D eigenvalue weighted by molar-refractivity contribution is -0.139. The normalized spacial score (nSPS) is 21.2. The van der Waals surface area contributed by atoms with E-state index in [1.807, 2.05) is 10.3 Å². The van der Waals surface area contributed by atoms with Gasteiger partial charge in [0.2, 0.25) is 0 Å². The Morgan fingerprint density at radius 1 is 1.48 bits per heavy atom. The number of hydrogen-bond donors (Lipinski definition) is 1. The number of aromatic nitrogens is 1. The summed E-state index contributed by atoms with van der Waals surface area (Å²) in [4.78, 5) is 24.2. The van der Waals surface area contributed by atoms with Crippen LogP contribution in [0.25, 0.3) is 0 Å². The van der Waals surface area contributed by atoms with Gasteiger partial charge >= 0.3 is 5.97 Å². The number of halogens is 2. The van der Waals surface area contributed by atoms with Crippen molar-refractivity contribution >= 4 is 39.1 Å². The molecule has 1 saturated heterocycles. The van der Waals surface area contributed by atoms with Crippen molar-refractivity contribution in [2.75, 3.05) is 19.8 Å². The summed E-state index contributed by atoms with van der Waals surface area (Å²) in [6, 6.07) is 3.68. The molecule has 1 N–H and O–H groups in total. The van der Waals surface area contributed by atoms with Crippen LogP contribution in [-0.4, -0.2) is 46.6 Å². The minimum absolute atomic E-state index is 0.00611. The van der Waals surface area contributed by atoms with Gasteiger partial charge in [0.05, 0.1) is 12.2 Å². The van der Waals surface area contributed by atoms with E-state index in [1.54, 1.807) is 19.2 Å². The third kappa shape index (κ3) is 3.74. The summed E-state index contributed by atoms with van der Waals surface area (Å²) in [5.74, 6) is -0.196. The zero-order valence-corrected chi connectivity index (χ0v) is 18.0. The topological polar surface area (TPSA) is 75.0 Å². The maximum atomic E-state index is 13.7. The molecule has 9 heteroatoms. The van der Waals surface area contributed by atoms with Crippen molar-refractivity contribution in [2.24, 2.45) is 10.9 Å². The smallest absolute Gasteiger partial charge is 0.338 e. The molecular weight excluding hydrogens is 461 g/mol. The van der Waals surface area contributed by atoms with Crippen LogP contribution in [-0.2, 0) is 9.53 Å². The quantitative estimate of drug-likeness (QED) is 0.662. The number of fused-ring (bicyclic) bond motifs is 1. The van der Waals surface area contributed by atoms with Gasteiger partial charge in [-0.2, -0.15) is 0 Å². The molecule has 0 saturated carbocycles. The van der Waals surface area contributed by atoms with Gasteiger partial charge in [-0.15, -0.1) is 11.3 Å². The summed E-state index contributed by atoms with van der Waals surface area (Å²) >= 11 is 4.87.